The molecule has 24 heavy (non-hydrogen) atoms. The summed E-state index contributed by atoms with van der Waals surface area (Å²) in [6, 6.07) is 2.97. The van der Waals surface area contributed by atoms with Crippen LogP contribution >= 0.6 is 0 Å². The Kier molecular flexibility index (Phi) is 3.59. The van der Waals surface area contributed by atoms with Crippen LogP contribution in [0.3, 0.4) is 0 Å². The molecule has 2 aliphatic rings. The van der Waals surface area contributed by atoms with Gasteiger partial charge < -0.3 is 10.2 Å². The number of carbonyl (C=O) groups excluding carboxylic acids is 2. The van der Waals surface area contributed by atoms with Crippen molar-refractivity contribution in [3.05, 3.63) is 23.4 Å². The number of nitrogens with zero attached hydrogens (tertiary/aromatic N) is 3. The SMILES string of the molecule is N#Cc1ccc(C(F)(F)F)nc1N1CCCC2(C1)NC(=O)NC2=O. The minimum Gasteiger partial charge on any atom is -0.353 e. The molecule has 3 heterocycles. The van der Waals surface area contributed by atoms with E-state index in [1.54, 1.807) is 0 Å². The van der Waals surface area contributed by atoms with Crippen LogP contribution in [-0.2, 0) is 11.0 Å². The number of nitrogens with one attached hydrogen (secondary N) is 2. The number of urea groups is 1. The van der Waals surface area contributed by atoms with Crippen molar-refractivity contribution in [1.29, 1.82) is 5.26 Å². The van der Waals surface area contributed by atoms with Gasteiger partial charge in [-0.15, -0.1) is 0 Å². The lowest BCUT2D eigenvalue weighted by Crippen LogP contribution is -2.59. The van der Waals surface area contributed by atoms with Gasteiger partial charge >= 0.3 is 12.2 Å². The average molecular weight is 339 g/mol. The zero-order chi connectivity index (χ0) is 17.5. The first-order chi connectivity index (χ1) is 11.2. The van der Waals surface area contributed by atoms with E-state index < -0.39 is 29.3 Å². The van der Waals surface area contributed by atoms with Gasteiger partial charge in [0.1, 0.15) is 23.1 Å². The summed E-state index contributed by atoms with van der Waals surface area (Å²) in [5, 5.41) is 13.8. The minimum atomic E-state index is -4.64. The first-order valence-electron chi connectivity index (χ1n) is 7.12. The molecule has 0 bridgehead atoms. The number of aromatic nitrogens is 1. The van der Waals surface area contributed by atoms with Crippen LogP contribution in [0.5, 0.6) is 0 Å². The molecule has 10 heteroatoms. The molecule has 2 fully saturated rings. The van der Waals surface area contributed by atoms with Crippen LogP contribution in [0.25, 0.3) is 0 Å². The first kappa shape index (κ1) is 16.0. The van der Waals surface area contributed by atoms with Crippen LogP contribution in [0.15, 0.2) is 12.1 Å². The Balaban J connectivity index is 1.98. The highest BCUT2D eigenvalue weighted by atomic mass is 19.4. The van der Waals surface area contributed by atoms with Crippen LogP contribution in [-0.4, -0.2) is 35.6 Å². The van der Waals surface area contributed by atoms with Crippen molar-refractivity contribution in [3.63, 3.8) is 0 Å². The molecule has 0 radical (unpaired) electrons. The Labute approximate surface area is 134 Å². The molecule has 1 atom stereocenters. The second-order valence-corrected chi connectivity index (χ2v) is 5.69. The second-order valence-electron chi connectivity index (χ2n) is 5.69. The molecule has 3 amide bonds. The molecule has 0 saturated carbocycles. The van der Waals surface area contributed by atoms with Crippen molar-refractivity contribution in [2.75, 3.05) is 18.0 Å². The fraction of sp³-hybridized carbons (Fsp3) is 0.429. The van der Waals surface area contributed by atoms with E-state index in [-0.39, 0.29) is 17.9 Å². The maximum Gasteiger partial charge on any atom is 0.433 e. The largest absolute Gasteiger partial charge is 0.433 e. The van der Waals surface area contributed by atoms with Crippen molar-refractivity contribution in [3.8, 4) is 6.07 Å². The number of imide groups is 1. The van der Waals surface area contributed by atoms with E-state index in [4.69, 9.17) is 5.26 Å². The number of halogens is 3. The molecule has 0 aliphatic carbocycles. The minimum absolute atomic E-state index is 0.0234. The van der Waals surface area contributed by atoms with Crippen molar-refractivity contribution in [2.24, 2.45) is 0 Å². The molecule has 2 aliphatic heterocycles. The Morgan fingerprint density at radius 3 is 2.67 bits per heavy atom. The highest BCUT2D eigenvalue weighted by Gasteiger charge is 2.49. The number of rotatable bonds is 1. The molecule has 2 N–H and O–H groups in total. The predicted octanol–water partition coefficient (Wildman–Crippen LogP) is 1.15. The van der Waals surface area contributed by atoms with Gasteiger partial charge in [0.25, 0.3) is 5.91 Å². The monoisotopic (exact) mass is 339 g/mol. The Bertz CT molecular complexity index is 758. The lowest BCUT2D eigenvalue weighted by molar-refractivity contribution is -0.141. The van der Waals surface area contributed by atoms with Gasteiger partial charge in [0.2, 0.25) is 0 Å². The number of hydrogen-bond acceptors (Lipinski definition) is 5. The first-order valence-corrected chi connectivity index (χ1v) is 7.12. The fourth-order valence-electron chi connectivity index (χ4n) is 2.99. The highest BCUT2D eigenvalue weighted by molar-refractivity contribution is 6.07. The van der Waals surface area contributed by atoms with E-state index in [0.717, 1.165) is 12.1 Å². The fourth-order valence-corrected chi connectivity index (χ4v) is 2.99. The standard InChI is InChI=1S/C14H12F3N5O2/c15-14(16,17)9-3-2-8(6-18)10(19-9)22-5-1-4-13(7-22)11(23)20-12(24)21-13/h2-3H,1,4-5,7H2,(H2,20,21,23,24). The third-order valence-corrected chi connectivity index (χ3v) is 4.09. The molecule has 1 aromatic rings. The van der Waals surface area contributed by atoms with Crippen molar-refractivity contribution < 1.29 is 22.8 Å². The second kappa shape index (κ2) is 5.36. The smallest absolute Gasteiger partial charge is 0.353 e. The van der Waals surface area contributed by atoms with E-state index in [1.165, 1.54) is 4.90 Å². The van der Waals surface area contributed by atoms with E-state index >= 15 is 0 Å². The average Bonchev–Trinajstić information content (AvgIpc) is 2.79. The van der Waals surface area contributed by atoms with Crippen molar-refractivity contribution >= 4 is 17.8 Å². The number of alkyl halides is 3. The van der Waals surface area contributed by atoms with E-state index in [0.29, 0.717) is 19.4 Å². The quantitative estimate of drug-likeness (QED) is 0.748. The Hall–Kier alpha value is -2.83. The van der Waals surface area contributed by atoms with Gasteiger partial charge in [-0.2, -0.15) is 18.4 Å². The molecular weight excluding hydrogens is 327 g/mol. The summed E-state index contributed by atoms with van der Waals surface area (Å²) < 4.78 is 38.7. The summed E-state index contributed by atoms with van der Waals surface area (Å²) in [5.41, 5.74) is -2.35. The zero-order valence-electron chi connectivity index (χ0n) is 12.3. The van der Waals surface area contributed by atoms with Gasteiger partial charge in [0.05, 0.1) is 12.1 Å². The van der Waals surface area contributed by atoms with Crippen molar-refractivity contribution in [1.82, 2.24) is 15.6 Å². The molecule has 2 saturated heterocycles. The van der Waals surface area contributed by atoms with Crippen molar-refractivity contribution in [2.45, 2.75) is 24.6 Å². The van der Waals surface area contributed by atoms with E-state index in [9.17, 15) is 22.8 Å². The predicted molar refractivity (Wildman–Crippen MR) is 74.8 cm³/mol. The summed E-state index contributed by atoms with van der Waals surface area (Å²) in [4.78, 5) is 28.4. The topological polar surface area (TPSA) is 98.1 Å². The number of anilines is 1. The van der Waals surface area contributed by atoms with Crippen LogP contribution in [0.4, 0.5) is 23.8 Å². The van der Waals surface area contributed by atoms with E-state index in [2.05, 4.69) is 15.6 Å². The summed E-state index contributed by atoms with van der Waals surface area (Å²) in [5.74, 6) is -0.664. The number of amides is 3. The number of nitriles is 1. The molecule has 0 aromatic carbocycles. The lowest BCUT2D eigenvalue weighted by Gasteiger charge is -2.39. The lowest BCUT2D eigenvalue weighted by atomic mass is 9.89. The maximum absolute atomic E-state index is 12.9. The Morgan fingerprint density at radius 1 is 1.33 bits per heavy atom. The van der Waals surface area contributed by atoms with Gasteiger partial charge in [-0.05, 0) is 25.0 Å². The molecule has 1 aromatic heterocycles. The molecular formula is C14H12F3N5O2. The summed E-state index contributed by atoms with van der Waals surface area (Å²) >= 11 is 0. The third kappa shape index (κ3) is 2.62. The summed E-state index contributed by atoms with van der Waals surface area (Å²) in [7, 11) is 0. The molecule has 1 spiro atoms. The molecule has 1 unspecified atom stereocenters. The highest BCUT2D eigenvalue weighted by Crippen LogP contribution is 2.33. The van der Waals surface area contributed by atoms with Gasteiger partial charge in [-0.25, -0.2) is 9.78 Å². The number of piperidine rings is 1. The van der Waals surface area contributed by atoms with Gasteiger partial charge in [0, 0.05) is 6.54 Å². The Morgan fingerprint density at radius 2 is 2.08 bits per heavy atom. The van der Waals surface area contributed by atoms with Gasteiger partial charge in [-0.1, -0.05) is 0 Å². The molecule has 3 rings (SSSR count). The zero-order valence-corrected chi connectivity index (χ0v) is 12.3. The van der Waals surface area contributed by atoms with Crippen LogP contribution in [0.1, 0.15) is 24.1 Å². The summed E-state index contributed by atoms with van der Waals surface area (Å²) in [6.07, 6.45) is -3.83. The number of carbonyl (C=O) groups is 2. The van der Waals surface area contributed by atoms with Crippen LogP contribution < -0.4 is 15.5 Å². The number of pyridine rings is 1. The summed E-state index contributed by atoms with van der Waals surface area (Å²) in [6.45, 7) is 0.279. The third-order valence-electron chi connectivity index (χ3n) is 4.09. The van der Waals surface area contributed by atoms with Gasteiger partial charge in [-0.3, -0.25) is 10.1 Å². The molecule has 126 valence electrons. The maximum atomic E-state index is 12.9. The van der Waals surface area contributed by atoms with Crippen LogP contribution in [0, 0.1) is 11.3 Å². The van der Waals surface area contributed by atoms with E-state index in [1.807, 2.05) is 6.07 Å². The normalized spacial score (nSPS) is 23.8. The molecule has 7 nitrogen and oxygen atoms in total. The van der Waals surface area contributed by atoms with Crippen LogP contribution in [0.2, 0.25) is 0 Å². The number of hydrogen-bond donors (Lipinski definition) is 2. The van der Waals surface area contributed by atoms with Gasteiger partial charge in [0.15, 0.2) is 0 Å².